The molecule has 116 valence electrons. The molecular formula is C15H23N3O3. The van der Waals surface area contributed by atoms with Crippen LogP contribution in [0.5, 0.6) is 0 Å². The maximum Gasteiger partial charge on any atom is 0.287 e. The molecule has 3 rings (SSSR count). The van der Waals surface area contributed by atoms with Crippen LogP contribution in [0.15, 0.2) is 10.6 Å². The highest BCUT2D eigenvalue weighted by atomic mass is 16.5. The fraction of sp³-hybridized carbons (Fsp3) is 0.733. The average Bonchev–Trinajstić information content (AvgIpc) is 3.06. The molecule has 1 aromatic rings. The molecule has 2 aliphatic rings. The van der Waals surface area contributed by atoms with Crippen LogP contribution in [0, 0.1) is 16.7 Å². The molecule has 6 nitrogen and oxygen atoms in total. The Hall–Kier alpha value is -1.40. The Morgan fingerprint density at radius 3 is 2.90 bits per heavy atom. The van der Waals surface area contributed by atoms with Crippen molar-refractivity contribution in [3.05, 3.63) is 17.5 Å². The predicted octanol–water partition coefficient (Wildman–Crippen LogP) is 2.01. The summed E-state index contributed by atoms with van der Waals surface area (Å²) in [6.45, 7) is 7.38. The number of nitrogens with zero attached hydrogens (tertiary/aromatic N) is 1. The molecule has 2 bridgehead atoms. The van der Waals surface area contributed by atoms with Gasteiger partial charge in [0, 0.05) is 6.07 Å². The summed E-state index contributed by atoms with van der Waals surface area (Å²) in [6, 6.07) is 1.57. The lowest BCUT2D eigenvalue weighted by atomic mass is 9.70. The summed E-state index contributed by atoms with van der Waals surface area (Å²) in [6.07, 6.45) is 3.86. The summed E-state index contributed by atoms with van der Waals surface area (Å²) < 4.78 is 11.2. The first-order valence-electron chi connectivity index (χ1n) is 7.46. The van der Waals surface area contributed by atoms with Crippen LogP contribution in [-0.2, 0) is 11.3 Å². The van der Waals surface area contributed by atoms with Gasteiger partial charge in [0.15, 0.2) is 11.5 Å². The van der Waals surface area contributed by atoms with Crippen molar-refractivity contribution < 1.29 is 14.1 Å². The number of ether oxygens (including phenoxy) is 1. The van der Waals surface area contributed by atoms with Gasteiger partial charge in [-0.3, -0.25) is 10.2 Å². The molecule has 2 aliphatic carbocycles. The van der Waals surface area contributed by atoms with E-state index in [1.165, 1.54) is 12.8 Å². The molecule has 3 N–H and O–H groups in total. The molecule has 0 aromatic carbocycles. The third-order valence-corrected chi connectivity index (χ3v) is 6.06. The molecule has 0 radical (unpaired) electrons. The molecule has 21 heavy (non-hydrogen) atoms. The van der Waals surface area contributed by atoms with Crippen molar-refractivity contribution in [2.24, 2.45) is 22.6 Å². The molecule has 0 saturated heterocycles. The number of nitrogen functional groups attached to an aromatic ring is 1. The van der Waals surface area contributed by atoms with E-state index in [-0.39, 0.29) is 17.2 Å². The van der Waals surface area contributed by atoms with Gasteiger partial charge in [0.25, 0.3) is 5.91 Å². The molecule has 1 aromatic heterocycles. The van der Waals surface area contributed by atoms with E-state index < -0.39 is 5.91 Å². The third kappa shape index (κ3) is 2.08. The summed E-state index contributed by atoms with van der Waals surface area (Å²) in [5, 5.41) is 3.68. The maximum atomic E-state index is 11.3. The SMILES string of the molecule is CC1(C)C2CCC1(C)C(OCc1cc(C(=O)NN)no1)C2. The normalized spacial score (nSPS) is 33.3. The zero-order chi connectivity index (χ0) is 15.3. The Bertz CT molecular complexity index is 554. The number of hydrogen-bond donors (Lipinski definition) is 2. The quantitative estimate of drug-likeness (QED) is 0.503. The van der Waals surface area contributed by atoms with Crippen LogP contribution in [0.25, 0.3) is 0 Å². The van der Waals surface area contributed by atoms with Crippen molar-refractivity contribution in [3.8, 4) is 0 Å². The van der Waals surface area contributed by atoms with E-state index in [0.29, 0.717) is 17.8 Å². The van der Waals surface area contributed by atoms with E-state index >= 15 is 0 Å². The van der Waals surface area contributed by atoms with Gasteiger partial charge in [-0.2, -0.15) is 0 Å². The molecule has 3 unspecified atom stereocenters. The average molecular weight is 293 g/mol. The number of hydrazine groups is 1. The minimum absolute atomic E-state index is 0.176. The molecule has 2 saturated carbocycles. The van der Waals surface area contributed by atoms with Crippen molar-refractivity contribution in [1.29, 1.82) is 0 Å². The van der Waals surface area contributed by atoms with Crippen LogP contribution >= 0.6 is 0 Å². The second-order valence-electron chi connectivity index (χ2n) is 7.06. The van der Waals surface area contributed by atoms with Gasteiger partial charge < -0.3 is 9.26 Å². The highest BCUT2D eigenvalue weighted by molar-refractivity contribution is 5.91. The van der Waals surface area contributed by atoms with Gasteiger partial charge in [-0.1, -0.05) is 25.9 Å². The number of fused-ring (bicyclic) bond motifs is 2. The molecule has 0 aliphatic heterocycles. The Morgan fingerprint density at radius 1 is 1.57 bits per heavy atom. The van der Waals surface area contributed by atoms with Crippen molar-refractivity contribution in [1.82, 2.24) is 10.6 Å². The number of carbonyl (C=O) groups excluding carboxylic acids is 1. The number of hydrogen-bond acceptors (Lipinski definition) is 5. The Labute approximate surface area is 124 Å². The van der Waals surface area contributed by atoms with E-state index in [1.807, 2.05) is 5.43 Å². The first-order valence-corrected chi connectivity index (χ1v) is 7.46. The fourth-order valence-corrected chi connectivity index (χ4v) is 4.13. The minimum Gasteiger partial charge on any atom is -0.370 e. The van der Waals surface area contributed by atoms with Gasteiger partial charge in [-0.15, -0.1) is 0 Å². The Kier molecular flexibility index (Phi) is 3.33. The standard InChI is InChI=1S/C15H23N3O3/c1-14(2)9-4-5-15(14,3)12(6-9)20-8-10-7-11(18-21-10)13(19)17-16/h7,9,12H,4-6,8,16H2,1-3H3,(H,17,19). The van der Waals surface area contributed by atoms with Gasteiger partial charge in [0.1, 0.15) is 6.61 Å². The highest BCUT2D eigenvalue weighted by Gasteiger charge is 2.61. The second kappa shape index (κ2) is 4.81. The maximum absolute atomic E-state index is 11.3. The van der Waals surface area contributed by atoms with Gasteiger partial charge in [-0.05, 0) is 36.0 Å². The number of rotatable bonds is 4. The van der Waals surface area contributed by atoms with Crippen molar-refractivity contribution in [2.75, 3.05) is 0 Å². The number of amides is 1. The van der Waals surface area contributed by atoms with E-state index in [9.17, 15) is 4.79 Å². The monoisotopic (exact) mass is 293 g/mol. The third-order valence-electron chi connectivity index (χ3n) is 6.06. The molecule has 0 spiro atoms. The van der Waals surface area contributed by atoms with Crippen LogP contribution in [-0.4, -0.2) is 17.2 Å². The van der Waals surface area contributed by atoms with Gasteiger partial charge >= 0.3 is 0 Å². The molecular weight excluding hydrogens is 270 g/mol. The van der Waals surface area contributed by atoms with Crippen molar-refractivity contribution in [2.45, 2.75) is 52.7 Å². The lowest BCUT2D eigenvalue weighted by molar-refractivity contribution is -0.0607. The highest BCUT2D eigenvalue weighted by Crippen LogP contribution is 2.66. The molecule has 1 heterocycles. The topological polar surface area (TPSA) is 90.4 Å². The van der Waals surface area contributed by atoms with Crippen LogP contribution < -0.4 is 11.3 Å². The lowest BCUT2D eigenvalue weighted by Crippen LogP contribution is -2.37. The Balaban J connectivity index is 1.64. The van der Waals surface area contributed by atoms with Gasteiger partial charge in [-0.25, -0.2) is 5.84 Å². The summed E-state index contributed by atoms with van der Waals surface area (Å²) >= 11 is 0. The minimum atomic E-state index is -0.460. The van der Waals surface area contributed by atoms with Gasteiger partial charge in [0.2, 0.25) is 0 Å². The van der Waals surface area contributed by atoms with Crippen LogP contribution in [0.2, 0.25) is 0 Å². The first kappa shape index (κ1) is 14.5. The van der Waals surface area contributed by atoms with E-state index in [0.717, 1.165) is 12.3 Å². The van der Waals surface area contributed by atoms with Gasteiger partial charge in [0.05, 0.1) is 6.10 Å². The molecule has 2 fully saturated rings. The number of aromatic nitrogens is 1. The van der Waals surface area contributed by atoms with E-state index in [2.05, 4.69) is 25.9 Å². The Morgan fingerprint density at radius 2 is 2.33 bits per heavy atom. The zero-order valence-corrected chi connectivity index (χ0v) is 12.8. The molecule has 6 heteroatoms. The van der Waals surface area contributed by atoms with Crippen molar-refractivity contribution in [3.63, 3.8) is 0 Å². The summed E-state index contributed by atoms with van der Waals surface area (Å²) in [7, 11) is 0. The van der Waals surface area contributed by atoms with Crippen molar-refractivity contribution >= 4 is 5.91 Å². The smallest absolute Gasteiger partial charge is 0.287 e. The summed E-state index contributed by atoms with van der Waals surface area (Å²) in [5.74, 6) is 5.89. The first-order chi connectivity index (χ1) is 9.88. The summed E-state index contributed by atoms with van der Waals surface area (Å²) in [4.78, 5) is 11.3. The zero-order valence-electron chi connectivity index (χ0n) is 12.8. The van der Waals surface area contributed by atoms with Crippen LogP contribution in [0.1, 0.15) is 56.3 Å². The summed E-state index contributed by atoms with van der Waals surface area (Å²) in [5.41, 5.74) is 2.75. The largest absolute Gasteiger partial charge is 0.370 e. The van der Waals surface area contributed by atoms with Crippen LogP contribution in [0.3, 0.4) is 0 Å². The lowest BCUT2D eigenvalue weighted by Gasteiger charge is -2.38. The predicted molar refractivity (Wildman–Crippen MR) is 76.0 cm³/mol. The second-order valence-corrected chi connectivity index (χ2v) is 7.06. The molecule has 3 atom stereocenters. The van der Waals surface area contributed by atoms with E-state index in [4.69, 9.17) is 15.1 Å². The fourth-order valence-electron chi connectivity index (χ4n) is 4.13. The van der Waals surface area contributed by atoms with E-state index in [1.54, 1.807) is 6.07 Å². The molecule has 1 amide bonds. The number of carbonyl (C=O) groups is 1. The number of nitrogens with one attached hydrogen (secondary N) is 1. The number of nitrogens with two attached hydrogens (primary N) is 1. The van der Waals surface area contributed by atoms with Crippen LogP contribution in [0.4, 0.5) is 0 Å².